The van der Waals surface area contributed by atoms with Crippen molar-refractivity contribution in [3.8, 4) is 5.75 Å². The molecule has 0 spiro atoms. The largest absolute Gasteiger partial charge is 0.496 e. The summed E-state index contributed by atoms with van der Waals surface area (Å²) >= 11 is 1.30. The summed E-state index contributed by atoms with van der Waals surface area (Å²) in [4.78, 5) is 18.3. The van der Waals surface area contributed by atoms with Crippen molar-refractivity contribution in [3.63, 3.8) is 0 Å². The minimum absolute atomic E-state index is 0.0591. The molecule has 1 aromatic rings. The van der Waals surface area contributed by atoms with Crippen LogP contribution in [0.1, 0.15) is 12.5 Å². The molecule has 2 aliphatic heterocycles. The highest BCUT2D eigenvalue weighted by Gasteiger charge is 2.46. The van der Waals surface area contributed by atoms with Crippen molar-refractivity contribution in [3.05, 3.63) is 29.8 Å². The lowest BCUT2D eigenvalue weighted by molar-refractivity contribution is -0.139. The van der Waals surface area contributed by atoms with Gasteiger partial charge >= 0.3 is 5.97 Å². The fraction of sp³-hybridized carbons (Fsp3) is 0.529. The van der Waals surface area contributed by atoms with Crippen LogP contribution in [0, 0.1) is 0 Å². The monoisotopic (exact) mass is 398 g/mol. The second-order valence-corrected chi connectivity index (χ2v) is 9.25. The summed E-state index contributed by atoms with van der Waals surface area (Å²) in [7, 11) is -1.48. The van der Waals surface area contributed by atoms with Gasteiger partial charge in [-0.15, -0.1) is 0 Å². The van der Waals surface area contributed by atoms with E-state index in [1.807, 2.05) is 29.2 Å². The fourth-order valence-electron chi connectivity index (χ4n) is 3.24. The van der Waals surface area contributed by atoms with Gasteiger partial charge in [-0.25, -0.2) is 8.42 Å². The molecule has 1 aromatic carbocycles. The number of aliphatic imine (C=N–C) groups is 1. The summed E-state index contributed by atoms with van der Waals surface area (Å²) in [6, 6.07) is 7.15. The number of esters is 1. The second kappa shape index (κ2) is 7.87. The molecule has 7 nitrogen and oxygen atoms in total. The van der Waals surface area contributed by atoms with Crippen molar-refractivity contribution in [2.45, 2.75) is 25.6 Å². The van der Waals surface area contributed by atoms with Crippen LogP contribution >= 0.6 is 11.8 Å². The van der Waals surface area contributed by atoms with Crippen LogP contribution in [0.3, 0.4) is 0 Å². The number of carbonyl (C=O) groups excluding carboxylic acids is 1. The van der Waals surface area contributed by atoms with E-state index in [2.05, 4.69) is 4.99 Å². The maximum absolute atomic E-state index is 12.0. The SMILES string of the molecule is CCOC(=O)CSC1=N[C@@H]2CS(=O)(=O)C[C@H]2N1Cc1ccccc1OC. The molecule has 0 saturated carbocycles. The Balaban J connectivity index is 1.80. The van der Waals surface area contributed by atoms with E-state index in [0.717, 1.165) is 11.3 Å². The van der Waals surface area contributed by atoms with Gasteiger partial charge in [0.05, 0.1) is 43.1 Å². The average Bonchev–Trinajstić information content (AvgIpc) is 3.06. The molecule has 2 heterocycles. The van der Waals surface area contributed by atoms with Crippen LogP contribution in [-0.2, 0) is 25.9 Å². The number of para-hydroxylation sites is 1. The number of nitrogens with zero attached hydrogens (tertiary/aromatic N) is 2. The first-order valence-electron chi connectivity index (χ1n) is 8.38. The molecule has 1 fully saturated rings. The molecule has 142 valence electrons. The van der Waals surface area contributed by atoms with E-state index < -0.39 is 9.84 Å². The van der Waals surface area contributed by atoms with Crippen LogP contribution in [0.5, 0.6) is 5.75 Å². The van der Waals surface area contributed by atoms with Gasteiger partial charge in [0.15, 0.2) is 15.0 Å². The molecule has 1 saturated heterocycles. The predicted octanol–water partition coefficient (Wildman–Crippen LogP) is 1.33. The molecule has 9 heteroatoms. The lowest BCUT2D eigenvalue weighted by Crippen LogP contribution is -2.38. The first-order chi connectivity index (χ1) is 12.4. The van der Waals surface area contributed by atoms with Crippen molar-refractivity contribution in [1.29, 1.82) is 0 Å². The Labute approximate surface area is 157 Å². The van der Waals surface area contributed by atoms with E-state index >= 15 is 0 Å². The molecular weight excluding hydrogens is 376 g/mol. The van der Waals surface area contributed by atoms with E-state index in [1.54, 1.807) is 14.0 Å². The molecular formula is C17H22N2O5S2. The molecule has 0 bridgehead atoms. The van der Waals surface area contributed by atoms with Gasteiger partial charge < -0.3 is 14.4 Å². The summed E-state index contributed by atoms with van der Waals surface area (Å²) < 4.78 is 34.4. The zero-order valence-electron chi connectivity index (χ0n) is 14.8. The van der Waals surface area contributed by atoms with Crippen molar-refractivity contribution in [2.24, 2.45) is 4.99 Å². The molecule has 3 rings (SSSR count). The number of carbonyl (C=O) groups is 1. The van der Waals surface area contributed by atoms with Crippen LogP contribution in [0.2, 0.25) is 0 Å². The highest BCUT2D eigenvalue weighted by molar-refractivity contribution is 8.14. The average molecular weight is 399 g/mol. The van der Waals surface area contributed by atoms with Crippen molar-refractivity contribution < 1.29 is 22.7 Å². The van der Waals surface area contributed by atoms with Crippen LogP contribution < -0.4 is 4.74 Å². The summed E-state index contributed by atoms with van der Waals surface area (Å²) in [6.45, 7) is 2.58. The number of thioether (sulfide) groups is 1. The molecule has 0 aliphatic carbocycles. The second-order valence-electron chi connectivity index (χ2n) is 6.16. The van der Waals surface area contributed by atoms with Gasteiger partial charge in [-0.1, -0.05) is 30.0 Å². The number of ether oxygens (including phenoxy) is 2. The Bertz CT molecular complexity index is 809. The third-order valence-corrected chi connectivity index (χ3v) is 7.05. The van der Waals surface area contributed by atoms with Crippen LogP contribution in [0.4, 0.5) is 0 Å². The van der Waals surface area contributed by atoms with Gasteiger partial charge in [0.25, 0.3) is 0 Å². The van der Waals surface area contributed by atoms with Crippen LogP contribution in [-0.4, -0.2) is 67.5 Å². The first-order valence-corrected chi connectivity index (χ1v) is 11.2. The van der Waals surface area contributed by atoms with Crippen molar-refractivity contribution >= 4 is 32.7 Å². The number of amidine groups is 1. The number of hydrogen-bond donors (Lipinski definition) is 0. The Morgan fingerprint density at radius 3 is 2.85 bits per heavy atom. The van der Waals surface area contributed by atoms with Gasteiger partial charge in [-0.05, 0) is 13.0 Å². The van der Waals surface area contributed by atoms with Crippen molar-refractivity contribution in [1.82, 2.24) is 4.90 Å². The minimum Gasteiger partial charge on any atom is -0.496 e. The lowest BCUT2D eigenvalue weighted by atomic mass is 10.1. The molecule has 2 aliphatic rings. The highest BCUT2D eigenvalue weighted by atomic mass is 32.2. The predicted molar refractivity (Wildman–Crippen MR) is 101 cm³/mol. The number of hydrogen-bond acceptors (Lipinski definition) is 8. The topological polar surface area (TPSA) is 85.3 Å². The smallest absolute Gasteiger partial charge is 0.316 e. The summed E-state index contributed by atoms with van der Waals surface area (Å²) in [6.07, 6.45) is 0. The summed E-state index contributed by atoms with van der Waals surface area (Å²) in [5, 5.41) is 0.689. The molecule has 0 unspecified atom stereocenters. The van der Waals surface area contributed by atoms with E-state index in [9.17, 15) is 13.2 Å². The van der Waals surface area contributed by atoms with Crippen molar-refractivity contribution in [2.75, 3.05) is 31.0 Å². The van der Waals surface area contributed by atoms with Gasteiger partial charge in [0, 0.05) is 12.1 Å². The molecule has 0 aromatic heterocycles. The van der Waals surface area contributed by atoms with Gasteiger partial charge in [0.1, 0.15) is 5.75 Å². The number of benzene rings is 1. The van der Waals surface area contributed by atoms with Crippen LogP contribution in [0.25, 0.3) is 0 Å². The van der Waals surface area contributed by atoms with Crippen LogP contribution in [0.15, 0.2) is 29.3 Å². The van der Waals surface area contributed by atoms with Gasteiger partial charge in [0.2, 0.25) is 0 Å². The molecule has 0 amide bonds. The zero-order valence-corrected chi connectivity index (χ0v) is 16.4. The Morgan fingerprint density at radius 1 is 1.35 bits per heavy atom. The molecule has 0 N–H and O–H groups in total. The highest BCUT2D eigenvalue weighted by Crippen LogP contribution is 2.33. The summed E-state index contributed by atoms with van der Waals surface area (Å²) in [5.41, 5.74) is 0.949. The molecule has 26 heavy (non-hydrogen) atoms. The molecule has 2 atom stereocenters. The quantitative estimate of drug-likeness (QED) is 0.668. The maximum atomic E-state index is 12.0. The normalized spacial score (nSPS) is 23.5. The third-order valence-electron chi connectivity index (χ3n) is 4.37. The van der Waals surface area contributed by atoms with E-state index in [-0.39, 0.29) is 35.3 Å². The van der Waals surface area contributed by atoms with Gasteiger partial charge in [-0.2, -0.15) is 0 Å². The number of rotatable bonds is 6. The van der Waals surface area contributed by atoms with E-state index in [4.69, 9.17) is 9.47 Å². The Morgan fingerprint density at radius 2 is 2.12 bits per heavy atom. The zero-order chi connectivity index (χ0) is 18.7. The van der Waals surface area contributed by atoms with E-state index in [0.29, 0.717) is 18.3 Å². The van der Waals surface area contributed by atoms with Gasteiger partial charge in [-0.3, -0.25) is 9.79 Å². The standard InChI is InChI=1S/C17H22N2O5S2/c1-3-24-16(20)9-25-17-18-13-10-26(21,22)11-14(13)19(17)8-12-6-4-5-7-15(12)23-2/h4-7,13-14H,3,8-11H2,1-2H3/t13-,14-/m1/s1. The fourth-order valence-corrected chi connectivity index (χ4v) is 6.02. The summed E-state index contributed by atoms with van der Waals surface area (Å²) in [5.74, 6) is 0.735. The lowest BCUT2D eigenvalue weighted by Gasteiger charge is -2.27. The number of fused-ring (bicyclic) bond motifs is 1. The third kappa shape index (κ3) is 4.15. The van der Waals surface area contributed by atoms with E-state index in [1.165, 1.54) is 11.8 Å². The number of methoxy groups -OCH3 is 1. The first kappa shape index (κ1) is 19.0. The Hall–Kier alpha value is -1.74. The molecule has 0 radical (unpaired) electrons. The number of sulfone groups is 1. The Kier molecular flexibility index (Phi) is 5.76. The maximum Gasteiger partial charge on any atom is 0.316 e. The minimum atomic E-state index is -3.09.